The molecule has 1 saturated heterocycles. The SMILES string of the molecule is COC(=O)N[C@@H](C)[C@@H](OC)C(=O)O[C@H]1C[C@@]2(O)[C@@H](OC(=O)c3ccccc3)C3[C@](C)(C(=O)C(=O)C(=C1C)C2(C)C)[C@@H](OC)C[C@H]1OC[C@@]31OC(C)=O. The summed E-state index contributed by atoms with van der Waals surface area (Å²) >= 11 is 0. The number of ether oxygens (including phenoxy) is 7. The van der Waals surface area contributed by atoms with Gasteiger partial charge in [0, 0.05) is 45.0 Å². The number of Topliss-reactive ketones (excluding diaryl/α,β-unsaturated/α-hetero) is 2. The molecular formula is C37H47NO14. The fourth-order valence-corrected chi connectivity index (χ4v) is 8.91. The Hall–Kier alpha value is -4.18. The summed E-state index contributed by atoms with van der Waals surface area (Å²) in [6.45, 7) is 8.56. The predicted molar refractivity (Wildman–Crippen MR) is 179 cm³/mol. The quantitative estimate of drug-likeness (QED) is 0.213. The zero-order valence-electron chi connectivity index (χ0n) is 30.8. The number of methoxy groups -OCH3 is 3. The van der Waals surface area contributed by atoms with Crippen LogP contribution >= 0.6 is 0 Å². The minimum Gasteiger partial charge on any atom is -0.456 e. The molecule has 2 bridgehead atoms. The van der Waals surface area contributed by atoms with E-state index in [2.05, 4.69) is 10.1 Å². The van der Waals surface area contributed by atoms with Crippen LogP contribution in [0.15, 0.2) is 41.5 Å². The van der Waals surface area contributed by atoms with Crippen molar-refractivity contribution in [3.8, 4) is 0 Å². The van der Waals surface area contributed by atoms with Gasteiger partial charge >= 0.3 is 24.0 Å². The molecule has 0 radical (unpaired) electrons. The van der Waals surface area contributed by atoms with Crippen LogP contribution in [-0.4, -0.2) is 116 Å². The molecule has 15 heteroatoms. The molecule has 1 heterocycles. The Bertz CT molecular complexity index is 1670. The van der Waals surface area contributed by atoms with Gasteiger partial charge in [0.05, 0.1) is 42.8 Å². The lowest BCUT2D eigenvalue weighted by Gasteiger charge is -2.67. The second-order valence-electron chi connectivity index (χ2n) is 14.7. The third kappa shape index (κ3) is 5.91. The number of nitrogens with one attached hydrogen (secondary N) is 1. The van der Waals surface area contributed by atoms with Gasteiger partial charge in [-0.3, -0.25) is 14.4 Å². The summed E-state index contributed by atoms with van der Waals surface area (Å²) < 4.78 is 40.1. The molecule has 0 aromatic heterocycles. The van der Waals surface area contributed by atoms with E-state index in [0.29, 0.717) is 0 Å². The van der Waals surface area contributed by atoms with Crippen molar-refractivity contribution in [2.45, 2.75) is 102 Å². The first-order chi connectivity index (χ1) is 24.3. The number of aliphatic hydroxyl groups is 1. The molecule has 3 fully saturated rings. The number of rotatable bonds is 9. The van der Waals surface area contributed by atoms with E-state index >= 15 is 0 Å². The van der Waals surface area contributed by atoms with Crippen LogP contribution in [0, 0.1) is 16.7 Å². The van der Waals surface area contributed by atoms with Gasteiger partial charge in [-0.25, -0.2) is 14.4 Å². The maximum Gasteiger partial charge on any atom is 0.407 e. The highest BCUT2D eigenvalue weighted by molar-refractivity contribution is 6.46. The minimum absolute atomic E-state index is 0.0471. The summed E-state index contributed by atoms with van der Waals surface area (Å²) in [6.07, 6.45) is -7.49. The van der Waals surface area contributed by atoms with Crippen molar-refractivity contribution < 1.29 is 67.0 Å². The highest BCUT2D eigenvalue weighted by Gasteiger charge is 2.78. The average Bonchev–Trinajstić information content (AvgIpc) is 3.08. The second-order valence-corrected chi connectivity index (χ2v) is 14.7. The van der Waals surface area contributed by atoms with Crippen LogP contribution in [0.3, 0.4) is 0 Å². The molecule has 1 aromatic carbocycles. The molecule has 52 heavy (non-hydrogen) atoms. The topological polar surface area (TPSA) is 199 Å². The predicted octanol–water partition coefficient (Wildman–Crippen LogP) is 2.25. The van der Waals surface area contributed by atoms with Crippen LogP contribution in [0.4, 0.5) is 4.79 Å². The number of amides is 1. The summed E-state index contributed by atoms with van der Waals surface area (Å²) in [5.74, 6) is -5.85. The number of fused-ring (bicyclic) bond motifs is 5. The fraction of sp³-hybridized carbons (Fsp3) is 0.622. The lowest BCUT2D eigenvalue weighted by atomic mass is 9.45. The van der Waals surface area contributed by atoms with Crippen LogP contribution in [0.5, 0.6) is 0 Å². The van der Waals surface area contributed by atoms with Crippen molar-refractivity contribution in [1.29, 1.82) is 0 Å². The molecular weight excluding hydrogens is 682 g/mol. The van der Waals surface area contributed by atoms with E-state index in [0.717, 1.165) is 7.11 Å². The molecule has 3 aliphatic carbocycles. The summed E-state index contributed by atoms with van der Waals surface area (Å²) in [5.41, 5.74) is -7.22. The molecule has 2 N–H and O–H groups in total. The monoisotopic (exact) mass is 729 g/mol. The van der Waals surface area contributed by atoms with Crippen molar-refractivity contribution in [1.82, 2.24) is 5.32 Å². The van der Waals surface area contributed by atoms with E-state index in [1.54, 1.807) is 32.0 Å². The molecule has 10 atom stereocenters. The number of alkyl carbamates (subject to hydrolysis) is 1. The van der Waals surface area contributed by atoms with E-state index in [1.807, 2.05) is 0 Å². The molecule has 2 saturated carbocycles. The number of hydrogen-bond acceptors (Lipinski definition) is 14. The van der Waals surface area contributed by atoms with Crippen molar-refractivity contribution in [2.24, 2.45) is 16.7 Å². The van der Waals surface area contributed by atoms with Gasteiger partial charge in [0.2, 0.25) is 11.6 Å². The van der Waals surface area contributed by atoms with Gasteiger partial charge in [-0.15, -0.1) is 0 Å². The van der Waals surface area contributed by atoms with Gasteiger partial charge < -0.3 is 43.6 Å². The fourth-order valence-electron chi connectivity index (χ4n) is 8.91. The van der Waals surface area contributed by atoms with Gasteiger partial charge in [0.25, 0.3) is 0 Å². The molecule has 1 aromatic rings. The lowest BCUT2D eigenvalue weighted by Crippen LogP contribution is -2.81. The Labute approximate surface area is 301 Å². The van der Waals surface area contributed by atoms with E-state index in [9.17, 15) is 33.9 Å². The second kappa shape index (κ2) is 14.0. The number of ketones is 2. The number of hydrogen-bond donors (Lipinski definition) is 2. The van der Waals surface area contributed by atoms with Gasteiger partial charge in [0.15, 0.2) is 11.7 Å². The Balaban J connectivity index is 1.74. The summed E-state index contributed by atoms with van der Waals surface area (Å²) in [5, 5.41) is 15.8. The highest BCUT2D eigenvalue weighted by Crippen LogP contribution is 2.64. The lowest BCUT2D eigenvalue weighted by molar-refractivity contribution is -0.345. The van der Waals surface area contributed by atoms with Gasteiger partial charge in [-0.1, -0.05) is 32.0 Å². The standard InChI is InChI=1S/C37H47NO14/c1-18-22(50-32(43)27(47-8)19(2)38-33(44)48-9)16-37(45)30(51-31(42)21-13-11-10-12-14-21)28-35(6,29(41)26(40)25(18)34(37,4)5)23(46-7)15-24-36(28,17-49-24)52-20(3)39/h10-14,19,22-24,27-28,30,45H,15-17H2,1-9H3,(H,38,44)/t19-,22-,23-,24+,27+,28?,30-,35+,36-,37+/m0/s1. The molecule has 1 aliphatic heterocycles. The number of esters is 3. The summed E-state index contributed by atoms with van der Waals surface area (Å²) in [4.78, 5) is 82.1. The average molecular weight is 730 g/mol. The third-order valence-corrected chi connectivity index (χ3v) is 11.7. The third-order valence-electron chi connectivity index (χ3n) is 11.7. The Morgan fingerprint density at radius 1 is 1.02 bits per heavy atom. The Morgan fingerprint density at radius 2 is 1.67 bits per heavy atom. The maximum atomic E-state index is 14.9. The van der Waals surface area contributed by atoms with E-state index in [-0.39, 0.29) is 29.7 Å². The van der Waals surface area contributed by atoms with Gasteiger partial charge in [-0.05, 0) is 38.5 Å². The van der Waals surface area contributed by atoms with Gasteiger partial charge in [-0.2, -0.15) is 0 Å². The molecule has 284 valence electrons. The molecule has 1 unspecified atom stereocenters. The van der Waals surface area contributed by atoms with Crippen molar-refractivity contribution >= 4 is 35.6 Å². The van der Waals surface area contributed by atoms with E-state index in [1.165, 1.54) is 54.0 Å². The smallest absolute Gasteiger partial charge is 0.407 e. The molecule has 1 amide bonds. The summed E-state index contributed by atoms with van der Waals surface area (Å²) in [6, 6.07) is 7.04. The first-order valence-electron chi connectivity index (χ1n) is 17.1. The Morgan fingerprint density at radius 3 is 2.21 bits per heavy atom. The first kappa shape index (κ1) is 39.0. The largest absolute Gasteiger partial charge is 0.456 e. The van der Waals surface area contributed by atoms with Crippen LogP contribution in [0.1, 0.15) is 64.7 Å². The summed E-state index contributed by atoms with van der Waals surface area (Å²) in [7, 11) is 3.76. The van der Waals surface area contributed by atoms with Crippen molar-refractivity contribution in [3.63, 3.8) is 0 Å². The van der Waals surface area contributed by atoms with E-state index in [4.69, 9.17) is 28.4 Å². The maximum absolute atomic E-state index is 14.9. The molecule has 5 rings (SSSR count). The Kier molecular flexibility index (Phi) is 10.5. The van der Waals surface area contributed by atoms with Crippen LogP contribution in [0.2, 0.25) is 0 Å². The van der Waals surface area contributed by atoms with E-state index < -0.39 is 107 Å². The minimum atomic E-state index is -2.28. The molecule has 4 aliphatic rings. The van der Waals surface area contributed by atoms with Crippen LogP contribution in [0.25, 0.3) is 0 Å². The van der Waals surface area contributed by atoms with Crippen molar-refractivity contribution in [2.75, 3.05) is 27.9 Å². The van der Waals surface area contributed by atoms with Crippen molar-refractivity contribution in [3.05, 3.63) is 47.0 Å². The first-order valence-corrected chi connectivity index (χ1v) is 17.1. The molecule has 15 nitrogen and oxygen atoms in total. The number of carbonyl (C=O) groups is 6. The highest BCUT2D eigenvalue weighted by atomic mass is 16.6. The number of benzene rings is 1. The van der Waals surface area contributed by atoms with Crippen LogP contribution in [-0.2, 0) is 52.3 Å². The molecule has 0 spiro atoms. The van der Waals surface area contributed by atoms with Crippen LogP contribution < -0.4 is 5.32 Å². The zero-order chi connectivity index (χ0) is 38.6. The zero-order valence-corrected chi connectivity index (χ0v) is 30.8. The number of carbonyl (C=O) groups excluding carboxylic acids is 6. The normalized spacial score (nSPS) is 34.5. The van der Waals surface area contributed by atoms with Gasteiger partial charge in [0.1, 0.15) is 23.9 Å².